The van der Waals surface area contributed by atoms with Gasteiger partial charge in [-0.05, 0) is 36.8 Å². The number of rotatable bonds is 9. The molecule has 4 aromatic rings. The Balaban J connectivity index is 1.36. The molecular weight excluding hydrogens is 480 g/mol. The van der Waals surface area contributed by atoms with Gasteiger partial charge in [-0.25, -0.2) is 13.6 Å². The molecule has 0 aliphatic heterocycles. The van der Waals surface area contributed by atoms with Gasteiger partial charge < -0.3 is 20.1 Å². The standard InChI is InChI=1S/C28H25F2N3O4/c1-18(33-28(35)37-16-19-7-3-2-4-8-19)15-32-27(34)21-13-14-31-26-20(21)9-5-12-25(26)36-17-22-23(29)10-6-11-24(22)30/h2-14,18H,15-17H2,1H3,(H,32,34)(H,33,35). The van der Waals surface area contributed by atoms with Gasteiger partial charge in [0, 0.05) is 24.2 Å². The Bertz CT molecular complexity index is 1380. The molecule has 2 amide bonds. The molecule has 190 valence electrons. The smallest absolute Gasteiger partial charge is 0.407 e. The molecule has 0 spiro atoms. The maximum Gasteiger partial charge on any atom is 0.407 e. The topological polar surface area (TPSA) is 89.5 Å². The molecule has 7 nitrogen and oxygen atoms in total. The van der Waals surface area contributed by atoms with Crippen molar-refractivity contribution in [1.82, 2.24) is 15.6 Å². The van der Waals surface area contributed by atoms with Crippen LogP contribution in [0.15, 0.2) is 79.0 Å². The first-order valence-corrected chi connectivity index (χ1v) is 11.6. The molecular formula is C28H25F2N3O4. The van der Waals surface area contributed by atoms with Crippen LogP contribution in [0.4, 0.5) is 13.6 Å². The summed E-state index contributed by atoms with van der Waals surface area (Å²) in [6.45, 7) is 1.70. The number of amides is 2. The summed E-state index contributed by atoms with van der Waals surface area (Å²) in [5, 5.41) is 5.97. The number of hydrogen-bond acceptors (Lipinski definition) is 5. The number of carbonyl (C=O) groups excluding carboxylic acids is 2. The third-order valence-corrected chi connectivity index (χ3v) is 5.56. The molecule has 0 bridgehead atoms. The summed E-state index contributed by atoms with van der Waals surface area (Å²) in [5.74, 6) is -1.51. The summed E-state index contributed by atoms with van der Waals surface area (Å²) in [4.78, 5) is 29.3. The molecule has 1 heterocycles. The van der Waals surface area contributed by atoms with Gasteiger partial charge in [0.15, 0.2) is 0 Å². The van der Waals surface area contributed by atoms with E-state index in [1.54, 1.807) is 31.2 Å². The van der Waals surface area contributed by atoms with Gasteiger partial charge in [0.1, 0.15) is 36.1 Å². The zero-order valence-electron chi connectivity index (χ0n) is 20.0. The van der Waals surface area contributed by atoms with Gasteiger partial charge in [-0.3, -0.25) is 9.78 Å². The molecule has 0 fully saturated rings. The van der Waals surface area contributed by atoms with Gasteiger partial charge in [0.2, 0.25) is 0 Å². The van der Waals surface area contributed by atoms with Crippen LogP contribution < -0.4 is 15.4 Å². The number of alkyl carbamates (subject to hydrolysis) is 1. The van der Waals surface area contributed by atoms with E-state index in [0.29, 0.717) is 16.5 Å². The molecule has 3 aromatic carbocycles. The molecule has 4 rings (SSSR count). The number of hydrogen-bond donors (Lipinski definition) is 2. The summed E-state index contributed by atoms with van der Waals surface area (Å²) >= 11 is 0. The van der Waals surface area contributed by atoms with E-state index in [9.17, 15) is 18.4 Å². The van der Waals surface area contributed by atoms with Crippen LogP contribution in [-0.4, -0.2) is 29.6 Å². The van der Waals surface area contributed by atoms with Crippen molar-refractivity contribution in [3.8, 4) is 5.75 Å². The van der Waals surface area contributed by atoms with E-state index >= 15 is 0 Å². The Morgan fingerprint density at radius 2 is 1.65 bits per heavy atom. The largest absolute Gasteiger partial charge is 0.486 e. The van der Waals surface area contributed by atoms with E-state index in [1.165, 1.54) is 12.3 Å². The number of halogens is 2. The number of pyridine rings is 1. The fourth-order valence-electron chi connectivity index (χ4n) is 3.64. The maximum atomic E-state index is 14.0. The fourth-order valence-corrected chi connectivity index (χ4v) is 3.64. The summed E-state index contributed by atoms with van der Waals surface area (Å²) < 4.78 is 38.8. The van der Waals surface area contributed by atoms with Crippen LogP contribution >= 0.6 is 0 Å². The van der Waals surface area contributed by atoms with Crippen molar-refractivity contribution in [2.24, 2.45) is 0 Å². The van der Waals surface area contributed by atoms with Gasteiger partial charge in [-0.15, -0.1) is 0 Å². The SMILES string of the molecule is CC(CNC(=O)c1ccnc2c(OCc3c(F)cccc3F)cccc12)NC(=O)OCc1ccccc1. The molecule has 37 heavy (non-hydrogen) atoms. The minimum atomic E-state index is -0.708. The molecule has 0 aliphatic rings. The average molecular weight is 506 g/mol. The zero-order chi connectivity index (χ0) is 26.2. The highest BCUT2D eigenvalue weighted by Crippen LogP contribution is 2.27. The highest BCUT2D eigenvalue weighted by atomic mass is 19.1. The van der Waals surface area contributed by atoms with Crippen LogP contribution in [0.3, 0.4) is 0 Å². The monoisotopic (exact) mass is 505 g/mol. The second-order valence-electron chi connectivity index (χ2n) is 8.32. The van der Waals surface area contributed by atoms with Crippen LogP contribution in [0.1, 0.15) is 28.4 Å². The molecule has 9 heteroatoms. The highest BCUT2D eigenvalue weighted by molar-refractivity contribution is 6.07. The first-order chi connectivity index (χ1) is 17.9. The van der Waals surface area contributed by atoms with Crippen molar-refractivity contribution in [2.75, 3.05) is 6.54 Å². The van der Waals surface area contributed by atoms with Gasteiger partial charge >= 0.3 is 6.09 Å². The molecule has 1 unspecified atom stereocenters. The van der Waals surface area contributed by atoms with Crippen LogP contribution in [0.2, 0.25) is 0 Å². The van der Waals surface area contributed by atoms with Gasteiger partial charge in [0.05, 0.1) is 11.1 Å². The third-order valence-electron chi connectivity index (χ3n) is 5.56. The van der Waals surface area contributed by atoms with E-state index in [1.807, 2.05) is 30.3 Å². The lowest BCUT2D eigenvalue weighted by Gasteiger charge is -2.16. The van der Waals surface area contributed by atoms with Crippen LogP contribution in [0.5, 0.6) is 5.75 Å². The second-order valence-corrected chi connectivity index (χ2v) is 8.32. The predicted octanol–water partition coefficient (Wildman–Crippen LogP) is 5.14. The number of nitrogens with one attached hydrogen (secondary N) is 2. The molecule has 0 aliphatic carbocycles. The second kappa shape index (κ2) is 11.9. The van der Waals surface area contributed by atoms with Crippen LogP contribution in [0, 0.1) is 11.6 Å². The lowest BCUT2D eigenvalue weighted by molar-refractivity contribution is 0.0948. The average Bonchev–Trinajstić information content (AvgIpc) is 2.90. The minimum absolute atomic E-state index is 0.142. The summed E-state index contributed by atoms with van der Waals surface area (Å²) in [7, 11) is 0. The maximum absolute atomic E-state index is 14.0. The van der Waals surface area contributed by atoms with E-state index < -0.39 is 23.8 Å². The van der Waals surface area contributed by atoms with E-state index in [-0.39, 0.29) is 37.0 Å². The number of para-hydroxylation sites is 1. The lowest BCUT2D eigenvalue weighted by atomic mass is 10.1. The Morgan fingerprint density at radius 1 is 0.919 bits per heavy atom. The van der Waals surface area contributed by atoms with E-state index in [0.717, 1.165) is 17.7 Å². The number of nitrogens with zero attached hydrogens (tertiary/aromatic N) is 1. The molecule has 0 radical (unpaired) electrons. The Kier molecular flexibility index (Phi) is 8.25. The number of benzene rings is 3. The predicted molar refractivity (Wildman–Crippen MR) is 134 cm³/mol. The van der Waals surface area contributed by atoms with Crippen molar-refractivity contribution < 1.29 is 27.8 Å². The third kappa shape index (κ3) is 6.58. The quantitative estimate of drug-likeness (QED) is 0.329. The number of aromatic nitrogens is 1. The van der Waals surface area contributed by atoms with Crippen molar-refractivity contribution in [1.29, 1.82) is 0 Å². The summed E-state index contributed by atoms with van der Waals surface area (Å²) in [5.41, 5.74) is 1.39. The van der Waals surface area contributed by atoms with Crippen molar-refractivity contribution in [3.05, 3.63) is 107 Å². The lowest BCUT2D eigenvalue weighted by Crippen LogP contribution is -2.42. The van der Waals surface area contributed by atoms with Crippen LogP contribution in [0.25, 0.3) is 10.9 Å². The summed E-state index contributed by atoms with van der Waals surface area (Å²) in [6.07, 6.45) is 0.865. The minimum Gasteiger partial charge on any atom is -0.486 e. The van der Waals surface area contributed by atoms with E-state index in [4.69, 9.17) is 9.47 Å². The molecule has 0 saturated carbocycles. The van der Waals surface area contributed by atoms with E-state index in [2.05, 4.69) is 15.6 Å². The van der Waals surface area contributed by atoms with Gasteiger partial charge in [-0.2, -0.15) is 0 Å². The molecule has 2 N–H and O–H groups in total. The molecule has 1 aromatic heterocycles. The first-order valence-electron chi connectivity index (χ1n) is 11.6. The number of carbonyl (C=O) groups is 2. The Hall–Kier alpha value is -4.53. The number of ether oxygens (including phenoxy) is 2. The van der Waals surface area contributed by atoms with Crippen molar-refractivity contribution >= 4 is 22.9 Å². The van der Waals surface area contributed by atoms with Gasteiger partial charge in [-0.1, -0.05) is 48.5 Å². The fraction of sp³-hybridized carbons (Fsp3) is 0.179. The van der Waals surface area contributed by atoms with Gasteiger partial charge in [0.25, 0.3) is 5.91 Å². The number of fused-ring (bicyclic) bond motifs is 1. The molecule has 0 saturated heterocycles. The highest BCUT2D eigenvalue weighted by Gasteiger charge is 2.16. The van der Waals surface area contributed by atoms with Crippen molar-refractivity contribution in [2.45, 2.75) is 26.2 Å². The Labute approximate surface area is 212 Å². The normalized spacial score (nSPS) is 11.5. The zero-order valence-corrected chi connectivity index (χ0v) is 20.0. The van der Waals surface area contributed by atoms with Crippen molar-refractivity contribution in [3.63, 3.8) is 0 Å². The first kappa shape index (κ1) is 25.6. The van der Waals surface area contributed by atoms with Crippen LogP contribution in [-0.2, 0) is 18.0 Å². The Morgan fingerprint density at radius 3 is 2.41 bits per heavy atom. The summed E-state index contributed by atoms with van der Waals surface area (Å²) in [6, 6.07) is 19.0. The molecule has 1 atom stereocenters.